The minimum atomic E-state index is -0.680. The molecule has 1 spiro atoms. The van der Waals surface area contributed by atoms with Crippen LogP contribution in [-0.4, -0.2) is 24.4 Å². The third kappa shape index (κ3) is 1.74. The molecule has 5 heteroatoms. The molecule has 2 atom stereocenters. The lowest BCUT2D eigenvalue weighted by Crippen LogP contribution is -2.36. The van der Waals surface area contributed by atoms with Crippen molar-refractivity contribution in [3.8, 4) is 0 Å². The Morgan fingerprint density at radius 3 is 2.68 bits per heavy atom. The van der Waals surface area contributed by atoms with E-state index in [0.717, 1.165) is 11.3 Å². The van der Waals surface area contributed by atoms with Crippen molar-refractivity contribution in [2.45, 2.75) is 12.5 Å². The summed E-state index contributed by atoms with van der Waals surface area (Å²) in [7, 11) is 0. The van der Waals surface area contributed by atoms with Crippen LogP contribution in [0.3, 0.4) is 0 Å². The lowest BCUT2D eigenvalue weighted by Gasteiger charge is -2.20. The lowest BCUT2D eigenvalue weighted by atomic mass is 9.78. The normalized spacial score (nSPS) is 35.8. The van der Waals surface area contributed by atoms with Gasteiger partial charge in [-0.1, -0.05) is 30.4 Å². The Kier molecular flexibility index (Phi) is 2.64. The summed E-state index contributed by atoms with van der Waals surface area (Å²) >= 11 is 0. The molecule has 4 N–H and O–H groups in total. The largest absolute Gasteiger partial charge is 0.368 e. The van der Waals surface area contributed by atoms with Crippen molar-refractivity contribution < 1.29 is 9.59 Å². The van der Waals surface area contributed by atoms with Gasteiger partial charge in [-0.05, 0) is 18.1 Å². The fourth-order valence-electron chi connectivity index (χ4n) is 2.87. The van der Waals surface area contributed by atoms with E-state index < -0.39 is 17.4 Å². The average Bonchev–Trinajstić information content (AvgIpc) is 2.87. The van der Waals surface area contributed by atoms with E-state index >= 15 is 0 Å². The number of hydrogen-bond acceptors (Lipinski definition) is 3. The predicted molar refractivity (Wildman–Crippen MR) is 70.6 cm³/mol. The fourth-order valence-corrected chi connectivity index (χ4v) is 2.87. The molecular formula is C14H15N3O2. The van der Waals surface area contributed by atoms with Crippen LogP contribution in [0.5, 0.6) is 0 Å². The van der Waals surface area contributed by atoms with Crippen molar-refractivity contribution in [2.75, 3.05) is 6.54 Å². The number of nitrogens with one attached hydrogen (secondary N) is 2. The van der Waals surface area contributed by atoms with Gasteiger partial charge in [0, 0.05) is 12.2 Å². The number of allylic oxidation sites excluding steroid dienone is 7. The number of fused-ring (bicyclic) bond motifs is 2. The van der Waals surface area contributed by atoms with Gasteiger partial charge in [0.2, 0.25) is 11.8 Å². The summed E-state index contributed by atoms with van der Waals surface area (Å²) in [6.45, 7) is 0.438. The zero-order valence-corrected chi connectivity index (χ0v) is 10.3. The smallest absolute Gasteiger partial charge is 0.236 e. The molecule has 0 aromatic carbocycles. The monoisotopic (exact) mass is 257 g/mol. The van der Waals surface area contributed by atoms with Crippen molar-refractivity contribution in [3.63, 3.8) is 0 Å². The molecular weight excluding hydrogens is 242 g/mol. The topological polar surface area (TPSA) is 84.2 Å². The maximum Gasteiger partial charge on any atom is 0.236 e. The van der Waals surface area contributed by atoms with E-state index in [4.69, 9.17) is 5.73 Å². The van der Waals surface area contributed by atoms with Gasteiger partial charge in [-0.2, -0.15) is 0 Å². The molecule has 5 nitrogen and oxygen atoms in total. The first-order chi connectivity index (χ1) is 9.13. The Morgan fingerprint density at radius 2 is 2.00 bits per heavy atom. The van der Waals surface area contributed by atoms with E-state index in [0.29, 0.717) is 13.0 Å². The molecule has 3 aliphatic rings. The van der Waals surface area contributed by atoms with Gasteiger partial charge in [-0.3, -0.25) is 9.59 Å². The van der Waals surface area contributed by atoms with Gasteiger partial charge in [-0.25, -0.2) is 0 Å². The minimum Gasteiger partial charge on any atom is -0.368 e. The van der Waals surface area contributed by atoms with Gasteiger partial charge < -0.3 is 16.4 Å². The van der Waals surface area contributed by atoms with E-state index in [1.165, 1.54) is 0 Å². The highest BCUT2D eigenvalue weighted by Crippen LogP contribution is 2.44. The molecule has 19 heavy (non-hydrogen) atoms. The molecule has 2 saturated heterocycles. The third-order valence-electron chi connectivity index (χ3n) is 3.89. The van der Waals surface area contributed by atoms with E-state index in [2.05, 4.69) is 10.6 Å². The molecule has 0 saturated carbocycles. The highest BCUT2D eigenvalue weighted by atomic mass is 16.2. The molecule has 1 aliphatic carbocycles. The van der Waals surface area contributed by atoms with Crippen LogP contribution in [0, 0.1) is 5.41 Å². The first-order valence-electron chi connectivity index (χ1n) is 6.24. The van der Waals surface area contributed by atoms with E-state index in [-0.39, 0.29) is 5.91 Å². The first kappa shape index (κ1) is 11.9. The Balaban J connectivity index is 2.02. The van der Waals surface area contributed by atoms with Crippen LogP contribution in [0.4, 0.5) is 0 Å². The number of nitrogens with two attached hydrogens (primary N) is 1. The maximum atomic E-state index is 12.3. The average molecular weight is 257 g/mol. The Morgan fingerprint density at radius 1 is 1.26 bits per heavy atom. The SMILES string of the molecule is NC(=O)C1CC2(CN1)C(=O)NC1=C/C=C\C=C/C=C12. The van der Waals surface area contributed by atoms with Gasteiger partial charge in [0.15, 0.2) is 0 Å². The van der Waals surface area contributed by atoms with Gasteiger partial charge in [-0.15, -0.1) is 0 Å². The lowest BCUT2D eigenvalue weighted by molar-refractivity contribution is -0.125. The molecule has 3 rings (SSSR count). The zero-order valence-electron chi connectivity index (χ0n) is 10.3. The Hall–Kier alpha value is -2.14. The summed E-state index contributed by atoms with van der Waals surface area (Å²) in [6.07, 6.45) is 11.8. The highest BCUT2D eigenvalue weighted by molar-refractivity contribution is 5.96. The maximum absolute atomic E-state index is 12.3. The van der Waals surface area contributed by atoms with Crippen molar-refractivity contribution in [2.24, 2.45) is 11.1 Å². The summed E-state index contributed by atoms with van der Waals surface area (Å²) < 4.78 is 0. The van der Waals surface area contributed by atoms with Gasteiger partial charge >= 0.3 is 0 Å². The number of rotatable bonds is 1. The summed E-state index contributed by atoms with van der Waals surface area (Å²) in [5, 5.41) is 5.94. The van der Waals surface area contributed by atoms with Gasteiger partial charge in [0.25, 0.3) is 0 Å². The number of hydrogen-bond donors (Lipinski definition) is 3. The number of primary amides is 1. The molecule has 98 valence electrons. The molecule has 2 heterocycles. The standard InChI is InChI=1S/C14H15N3O2/c15-12(18)11-7-14(8-16-11)9-5-3-1-2-4-6-10(9)17-13(14)19/h1-6,11,16H,7-8H2,(H2,15,18)(H,17,19)/b2-1?,3-1-,4-2-,5-3?,6-4?,9-5?,10-6?. The quantitative estimate of drug-likeness (QED) is 0.612. The molecule has 2 aliphatic heterocycles. The molecule has 2 amide bonds. The van der Waals surface area contributed by atoms with Crippen LogP contribution in [0.1, 0.15) is 6.42 Å². The molecule has 2 fully saturated rings. The van der Waals surface area contributed by atoms with Gasteiger partial charge in [0.1, 0.15) is 0 Å². The van der Waals surface area contributed by atoms with Crippen molar-refractivity contribution in [1.29, 1.82) is 0 Å². The van der Waals surface area contributed by atoms with E-state index in [1.807, 2.05) is 36.5 Å². The second kappa shape index (κ2) is 4.20. The van der Waals surface area contributed by atoms with Crippen LogP contribution in [0.25, 0.3) is 0 Å². The second-order valence-electron chi connectivity index (χ2n) is 5.01. The van der Waals surface area contributed by atoms with Crippen molar-refractivity contribution in [1.82, 2.24) is 10.6 Å². The molecule has 0 aromatic heterocycles. The van der Waals surface area contributed by atoms with Crippen LogP contribution in [-0.2, 0) is 9.59 Å². The molecule has 0 radical (unpaired) electrons. The van der Waals surface area contributed by atoms with Gasteiger partial charge in [0.05, 0.1) is 11.5 Å². The van der Waals surface area contributed by atoms with Crippen LogP contribution in [0.15, 0.2) is 47.7 Å². The Labute approximate surface area is 110 Å². The third-order valence-corrected chi connectivity index (χ3v) is 3.89. The summed E-state index contributed by atoms with van der Waals surface area (Å²) in [5.74, 6) is -0.478. The van der Waals surface area contributed by atoms with Crippen LogP contribution < -0.4 is 16.4 Å². The first-order valence-corrected chi connectivity index (χ1v) is 6.24. The summed E-state index contributed by atoms with van der Waals surface area (Å²) in [5.41, 5.74) is 6.37. The van der Waals surface area contributed by atoms with Crippen LogP contribution in [0.2, 0.25) is 0 Å². The van der Waals surface area contributed by atoms with Crippen molar-refractivity contribution in [3.05, 3.63) is 47.7 Å². The number of carbonyl (C=O) groups is 2. The molecule has 0 bridgehead atoms. The van der Waals surface area contributed by atoms with E-state index in [1.54, 1.807) is 0 Å². The zero-order chi connectivity index (χ0) is 13.5. The summed E-state index contributed by atoms with van der Waals surface area (Å²) in [6, 6.07) is -0.448. The van der Waals surface area contributed by atoms with Crippen molar-refractivity contribution >= 4 is 11.8 Å². The predicted octanol–water partition coefficient (Wildman–Crippen LogP) is -0.114. The van der Waals surface area contributed by atoms with Crippen LogP contribution >= 0.6 is 0 Å². The number of amides is 2. The molecule has 2 unspecified atom stereocenters. The van der Waals surface area contributed by atoms with E-state index in [9.17, 15) is 9.59 Å². The summed E-state index contributed by atoms with van der Waals surface area (Å²) in [4.78, 5) is 23.6. The molecule has 0 aromatic rings. The fraction of sp³-hybridized carbons (Fsp3) is 0.286. The minimum absolute atomic E-state index is 0.0649. The second-order valence-corrected chi connectivity index (χ2v) is 5.01. The Bertz CT molecular complexity index is 571. The highest BCUT2D eigenvalue weighted by Gasteiger charge is 2.54. The number of carbonyl (C=O) groups excluding carboxylic acids is 2.